The van der Waals surface area contributed by atoms with Crippen LogP contribution in [0.1, 0.15) is 159 Å². The molecule has 0 bridgehead atoms. The summed E-state index contributed by atoms with van der Waals surface area (Å²) >= 11 is 13.7. The molecule has 0 aliphatic heterocycles. The van der Waals surface area contributed by atoms with Crippen LogP contribution in [0, 0.1) is 36.5 Å². The van der Waals surface area contributed by atoms with Gasteiger partial charge in [-0.15, -0.1) is 5.11 Å². The van der Waals surface area contributed by atoms with Gasteiger partial charge in [-0.1, -0.05) is 150 Å². The molecule has 0 N–H and O–H groups in total. The molecule has 0 aliphatic rings. The van der Waals surface area contributed by atoms with Gasteiger partial charge in [0, 0.05) is 73.3 Å². The minimum absolute atomic E-state index is 0.0689. The van der Waals surface area contributed by atoms with E-state index in [2.05, 4.69) is 140 Å². The van der Waals surface area contributed by atoms with E-state index < -0.39 is 94.1 Å². The van der Waals surface area contributed by atoms with Crippen molar-refractivity contribution in [3.05, 3.63) is 130 Å². The zero-order chi connectivity index (χ0) is 84.3. The number of carbonyl (C=O) groups is 4. The first-order chi connectivity index (χ1) is 49.4. The average molecular weight is 1680 g/mol. The number of nitrogens with zero attached hydrogens (tertiary/aromatic N) is 6. The van der Waals surface area contributed by atoms with Gasteiger partial charge in [-0.25, -0.2) is 29.3 Å². The lowest BCUT2D eigenvalue weighted by Gasteiger charge is -2.39. The fourth-order valence-electron chi connectivity index (χ4n) is 10.6. The Morgan fingerprint density at radius 3 is 1.19 bits per heavy atom. The van der Waals surface area contributed by atoms with Gasteiger partial charge < -0.3 is 49.7 Å². The van der Waals surface area contributed by atoms with Crippen molar-refractivity contribution in [2.75, 3.05) is 53.9 Å². The van der Waals surface area contributed by atoms with Crippen molar-refractivity contribution in [2.24, 2.45) is 15.6 Å². The summed E-state index contributed by atoms with van der Waals surface area (Å²) in [6, 6.07) is 25.4. The standard InChI is InChI=1S/C35H61NO7S2Si3.C17H38O4Si3.C11H11NS2.C8H12N4.C7H12O3/c1-14-15-25-46(8,9)42-48(12,13)43-47(10,11)26-19-22-40-32(38)35(5,45-30(44)29-20-17-16-18-21-29)28-34(4,27-33(2,3)36-6)31(37)41-24-23-39-7;1-10-11-14-22(4,5)20-24(8,9)21-23(6,7)15-12-13-19-17(18)16(2)3;1-11(2,12-3)14-10(13)9-7-5-4-6-8-9;1-7(2,6-9)11-12-8(3,4)10-5;1-6(2)7(8)10-5-4-9-3/h16-18,20-21H,14-15,19,22-28H2,1-5,7-13H3;2,10-15H2,1,3-9H3;4-8H,1-2H3;1-4H3;1,4-5H2,2-3H3. The number of carbonyl (C=O) groups excluding carboxylic acids is 4. The van der Waals surface area contributed by atoms with Crippen molar-refractivity contribution in [1.82, 2.24) is 0 Å². The number of esters is 4. The van der Waals surface area contributed by atoms with E-state index in [-0.39, 0.29) is 44.6 Å². The van der Waals surface area contributed by atoms with Crippen LogP contribution in [0.15, 0.2) is 95.2 Å². The molecule has 0 aromatic heterocycles. The zero-order valence-electron chi connectivity index (χ0n) is 70.9. The Balaban J connectivity index is -0.00000150. The van der Waals surface area contributed by atoms with Crippen LogP contribution in [0.5, 0.6) is 0 Å². The van der Waals surface area contributed by atoms with Crippen LogP contribution in [-0.2, 0) is 64.1 Å². The number of benzene rings is 2. The van der Waals surface area contributed by atoms with Crippen LogP contribution >= 0.6 is 48.0 Å². The first-order valence-electron chi connectivity index (χ1n) is 36.8. The van der Waals surface area contributed by atoms with Gasteiger partial charge in [0.25, 0.3) is 4.87 Å². The third kappa shape index (κ3) is 51.8. The van der Waals surface area contributed by atoms with E-state index in [1.54, 1.807) is 76.3 Å². The van der Waals surface area contributed by atoms with Crippen LogP contribution in [0.25, 0.3) is 14.5 Å². The Labute approximate surface area is 678 Å². The molecule has 0 amide bonds. The highest BCUT2D eigenvalue weighted by Crippen LogP contribution is 2.46. The second-order valence-electron chi connectivity index (χ2n) is 32.4. The summed E-state index contributed by atoms with van der Waals surface area (Å²) in [7, 11) is -8.76. The Morgan fingerprint density at radius 2 is 0.852 bits per heavy atom. The van der Waals surface area contributed by atoms with E-state index in [0.29, 0.717) is 41.6 Å². The Kier molecular flexibility index (Phi) is 50.9. The molecular formula is C78H134N6O14S4Si6. The molecule has 20 nitrogen and oxygen atoms in total. The number of hydrogen-bond donors (Lipinski definition) is 0. The fourth-order valence-corrected chi connectivity index (χ4v) is 42.4. The zero-order valence-corrected chi connectivity index (χ0v) is 80.2. The third-order valence-corrected chi connectivity index (χ3v) is 41.3. The lowest BCUT2D eigenvalue weighted by molar-refractivity contribution is -0.159. The molecule has 108 heavy (non-hydrogen) atoms. The van der Waals surface area contributed by atoms with Gasteiger partial charge in [-0.3, -0.25) is 19.3 Å². The molecule has 2 rings (SSSR count). The molecular weight excluding hydrogens is 1540 g/mol. The number of azo groups is 1. The van der Waals surface area contributed by atoms with Crippen molar-refractivity contribution in [3.8, 4) is 6.07 Å². The lowest BCUT2D eigenvalue weighted by Crippen LogP contribution is -2.52. The van der Waals surface area contributed by atoms with E-state index in [1.165, 1.54) is 55.9 Å². The van der Waals surface area contributed by atoms with Crippen LogP contribution in [-0.4, -0.2) is 163 Å². The summed E-state index contributed by atoms with van der Waals surface area (Å²) < 4.78 is 57.7. The Hall–Kier alpha value is -4.70. The number of hydrogen-bond acceptors (Lipinski definition) is 21. The molecule has 2 aromatic rings. The van der Waals surface area contributed by atoms with E-state index >= 15 is 0 Å². The van der Waals surface area contributed by atoms with Gasteiger partial charge in [0.2, 0.25) is 5.54 Å². The summed E-state index contributed by atoms with van der Waals surface area (Å²) in [4.78, 5) is 59.8. The summed E-state index contributed by atoms with van der Waals surface area (Å²) in [5, 5.41) is 16.1. The summed E-state index contributed by atoms with van der Waals surface area (Å²) in [5.74, 6) is -1.61. The van der Waals surface area contributed by atoms with Crippen LogP contribution in [0.4, 0.5) is 0 Å². The third-order valence-electron chi connectivity index (χ3n) is 15.2. The maximum absolute atomic E-state index is 14.1. The van der Waals surface area contributed by atoms with E-state index in [4.69, 9.17) is 84.8 Å². The summed E-state index contributed by atoms with van der Waals surface area (Å²) in [6.45, 7) is 82.0. The van der Waals surface area contributed by atoms with Crippen LogP contribution in [0.3, 0.4) is 0 Å². The predicted octanol–water partition coefficient (Wildman–Crippen LogP) is 21.7. The smallest absolute Gasteiger partial charge is 0.335 e. The van der Waals surface area contributed by atoms with Gasteiger partial charge in [-0.05, 0) is 186 Å². The molecule has 2 unspecified atom stereocenters. The number of unbranched alkanes of at least 4 members (excludes halogenated alkanes) is 2. The molecule has 0 saturated carbocycles. The number of thioether (sulfide) groups is 2. The number of methoxy groups -OCH3 is 2. The Morgan fingerprint density at radius 1 is 0.500 bits per heavy atom. The highest BCUT2D eigenvalue weighted by Gasteiger charge is 2.52. The molecule has 30 heteroatoms. The second kappa shape index (κ2) is 51.1. The molecule has 0 saturated heterocycles. The first kappa shape index (κ1) is 107. The van der Waals surface area contributed by atoms with Crippen molar-refractivity contribution in [3.63, 3.8) is 0 Å². The number of ether oxygens (including phenoxy) is 6. The minimum Gasteiger partial charge on any atom is -0.465 e. The minimum atomic E-state index is -2.33. The molecule has 0 fully saturated rings. The van der Waals surface area contributed by atoms with Crippen LogP contribution in [0.2, 0.25) is 103 Å². The van der Waals surface area contributed by atoms with E-state index in [0.717, 1.165) is 46.3 Å². The number of thiocarbonyl (C=S) groups is 2. The second-order valence-corrected chi connectivity index (χ2v) is 61.8. The summed E-state index contributed by atoms with van der Waals surface area (Å²) in [5.41, 5.74) is -1.04. The fraction of sp³-hybridized carbons (Fsp3) is 0.667. The van der Waals surface area contributed by atoms with Crippen molar-refractivity contribution >= 4 is 131 Å². The molecule has 2 aromatic carbocycles. The number of nitriles is 1. The summed E-state index contributed by atoms with van der Waals surface area (Å²) in [6.07, 6.45) is 6.52. The van der Waals surface area contributed by atoms with Gasteiger partial charge >= 0.3 is 46.7 Å². The molecule has 0 spiro atoms. The first-order valence-corrected chi connectivity index (χ1v) is 57.3. The number of rotatable bonds is 42. The maximum atomic E-state index is 14.1. The highest BCUT2D eigenvalue weighted by atomic mass is 32.2. The van der Waals surface area contributed by atoms with Crippen LogP contribution < -0.4 is 0 Å². The maximum Gasteiger partial charge on any atom is 0.335 e. The monoisotopic (exact) mass is 1670 g/mol. The highest BCUT2D eigenvalue weighted by molar-refractivity contribution is 8.25. The van der Waals surface area contributed by atoms with Gasteiger partial charge in [0.05, 0.1) is 46.3 Å². The SMILES string of the molecule is C=C(C)C(=O)OCCC[Si](C)(C)O[Si](C)(C)O[Si](C)(C)CCCC.C=C(C)C(=O)OCCOC.[C-]#[N+]C(C)(C)CC(C)(CC(C)(SC(=S)c1ccccc1)C(=O)OCCC[Si](C)(C)O[Si](C)(C)O[Si](C)(C)CCCC)C(=O)OCCOC.[C-]#[N+]C(C)(C)N=NC(C)(C)C#N.[C-]#[N+]C(C)(C)SC(=S)c1ccccc1. The van der Waals surface area contributed by atoms with Gasteiger partial charge in [-0.2, -0.15) is 10.4 Å². The Bertz CT molecular complexity index is 3310. The predicted molar refractivity (Wildman–Crippen MR) is 469 cm³/mol. The van der Waals surface area contributed by atoms with Gasteiger partial charge in [0.15, 0.2) is 38.8 Å². The van der Waals surface area contributed by atoms with Crippen molar-refractivity contribution in [2.45, 2.75) is 277 Å². The largest absolute Gasteiger partial charge is 0.465 e. The van der Waals surface area contributed by atoms with Crippen molar-refractivity contribution in [1.29, 1.82) is 5.26 Å². The normalized spacial score (nSPS) is 13.2. The lowest BCUT2D eigenvalue weighted by atomic mass is 9.73. The van der Waals surface area contributed by atoms with Gasteiger partial charge in [0.1, 0.15) is 18.0 Å². The molecule has 608 valence electrons. The molecule has 0 heterocycles. The van der Waals surface area contributed by atoms with E-state index in [9.17, 15) is 19.2 Å². The van der Waals surface area contributed by atoms with E-state index in [1.807, 2.05) is 80.6 Å². The average Bonchev–Trinajstić information content (AvgIpc) is 0.781. The van der Waals surface area contributed by atoms with Crippen molar-refractivity contribution < 1.29 is 64.1 Å². The topological polar surface area (TPSA) is 222 Å². The molecule has 0 radical (unpaired) electrons. The molecule has 2 atom stereocenters. The quantitative estimate of drug-likeness (QED) is 0.00881. The molecule has 0 aliphatic carbocycles.